The van der Waals surface area contributed by atoms with Gasteiger partial charge in [0, 0.05) is 0 Å². The zero-order valence-electron chi connectivity index (χ0n) is 18.3. The normalized spacial score (nSPS) is 18.7. The Morgan fingerprint density at radius 1 is 1.03 bits per heavy atom. The number of hydrogen-bond donors (Lipinski definition) is 0. The Morgan fingerprint density at radius 3 is 2.21 bits per heavy atom. The van der Waals surface area contributed by atoms with Gasteiger partial charge in [0.15, 0.2) is 8.32 Å². The van der Waals surface area contributed by atoms with Crippen molar-refractivity contribution in [2.24, 2.45) is 0 Å². The average Bonchev–Trinajstić information content (AvgIpc) is 2.69. The van der Waals surface area contributed by atoms with Crippen LogP contribution in [0, 0.1) is 0 Å². The largest absolute Gasteiger partial charge is 0.414 e. The van der Waals surface area contributed by atoms with Crippen LogP contribution >= 0.6 is 0 Å². The number of rotatable bonds is 6. The fraction of sp³-hybridized carbons (Fsp3) is 0.400. The minimum Gasteiger partial charge on any atom is -0.414 e. The Hall–Kier alpha value is -2.17. The third-order valence-corrected chi connectivity index (χ3v) is 10.8. The highest BCUT2D eigenvalue weighted by molar-refractivity contribution is 6.74. The van der Waals surface area contributed by atoms with Crippen LogP contribution in [0.3, 0.4) is 0 Å². The van der Waals surface area contributed by atoms with Crippen LogP contribution in [0.4, 0.5) is 0 Å². The van der Waals surface area contributed by atoms with Crippen LogP contribution in [0.15, 0.2) is 72.8 Å². The molecule has 0 saturated heterocycles. The predicted molar refractivity (Wildman–Crippen MR) is 122 cm³/mol. The zero-order valence-corrected chi connectivity index (χ0v) is 19.3. The van der Waals surface area contributed by atoms with Crippen LogP contribution in [0.1, 0.15) is 50.4 Å². The third-order valence-electron chi connectivity index (χ3n) is 6.32. The summed E-state index contributed by atoms with van der Waals surface area (Å²) in [7, 11) is -1.94. The molecular formula is C25H33NO2Si. The molecule has 0 spiro atoms. The van der Waals surface area contributed by atoms with E-state index in [1.165, 1.54) is 5.56 Å². The van der Waals surface area contributed by atoms with Crippen molar-refractivity contribution in [2.45, 2.75) is 57.4 Å². The molecule has 2 atom stereocenters. The molecule has 2 aromatic rings. The van der Waals surface area contributed by atoms with Crippen LogP contribution in [0.2, 0.25) is 18.1 Å². The lowest BCUT2D eigenvalue weighted by Gasteiger charge is -2.42. The van der Waals surface area contributed by atoms with Gasteiger partial charge in [-0.2, -0.15) is 0 Å². The molecule has 0 unspecified atom stereocenters. The van der Waals surface area contributed by atoms with Gasteiger partial charge in [-0.15, -0.1) is 0 Å². The van der Waals surface area contributed by atoms with Crippen LogP contribution in [-0.4, -0.2) is 25.7 Å². The van der Waals surface area contributed by atoms with E-state index < -0.39 is 8.32 Å². The first-order valence-corrected chi connectivity index (χ1v) is 13.3. The van der Waals surface area contributed by atoms with Crippen molar-refractivity contribution in [1.29, 1.82) is 0 Å². The van der Waals surface area contributed by atoms with Gasteiger partial charge in [-0.25, -0.2) is 0 Å². The first kappa shape index (κ1) is 21.5. The molecule has 0 radical (unpaired) electrons. The number of carbonyl (C=O) groups is 1. The highest BCUT2D eigenvalue weighted by Gasteiger charge is 2.40. The van der Waals surface area contributed by atoms with Crippen molar-refractivity contribution in [1.82, 2.24) is 4.90 Å². The van der Waals surface area contributed by atoms with Gasteiger partial charge in [0.05, 0.1) is 18.7 Å². The summed E-state index contributed by atoms with van der Waals surface area (Å²) in [4.78, 5) is 15.1. The standard InChI is InChI=1S/C25H33NO2Si/c1-25(2,3)29(4,5)28-19-23(21-15-10-7-11-16-21)26-22(17-12-18-24(26)27)20-13-8-6-9-14-20/h6-16,18,22-23H,17,19H2,1-5H3/t22-,23-/m0/s1. The monoisotopic (exact) mass is 407 g/mol. The quantitative estimate of drug-likeness (QED) is 0.527. The van der Waals surface area contributed by atoms with Crippen molar-refractivity contribution in [3.8, 4) is 0 Å². The molecule has 0 aliphatic carbocycles. The molecule has 0 N–H and O–H groups in total. The molecule has 3 rings (SSSR count). The van der Waals surface area contributed by atoms with Crippen molar-refractivity contribution < 1.29 is 9.22 Å². The van der Waals surface area contributed by atoms with E-state index in [0.29, 0.717) is 6.61 Å². The molecule has 1 aliphatic rings. The summed E-state index contributed by atoms with van der Waals surface area (Å²) in [5, 5.41) is 0.124. The maximum atomic E-state index is 13.1. The topological polar surface area (TPSA) is 29.5 Å². The van der Waals surface area contributed by atoms with Crippen LogP contribution in [0.25, 0.3) is 0 Å². The Morgan fingerprint density at radius 2 is 1.62 bits per heavy atom. The van der Waals surface area contributed by atoms with Crippen molar-refractivity contribution >= 4 is 14.2 Å². The van der Waals surface area contributed by atoms with Crippen molar-refractivity contribution in [2.75, 3.05) is 6.61 Å². The molecule has 1 heterocycles. The Bertz CT molecular complexity index is 840. The second-order valence-corrected chi connectivity index (χ2v) is 14.1. The number of hydrogen-bond acceptors (Lipinski definition) is 2. The second kappa shape index (κ2) is 8.68. The van der Waals surface area contributed by atoms with E-state index in [1.54, 1.807) is 6.08 Å². The van der Waals surface area contributed by atoms with E-state index >= 15 is 0 Å². The molecule has 3 nitrogen and oxygen atoms in total. The highest BCUT2D eigenvalue weighted by atomic mass is 28.4. The van der Waals surface area contributed by atoms with Gasteiger partial charge in [-0.05, 0) is 41.8 Å². The average molecular weight is 408 g/mol. The number of amides is 1. The first-order valence-electron chi connectivity index (χ1n) is 10.4. The molecule has 0 bridgehead atoms. The molecule has 0 fully saturated rings. The van der Waals surface area contributed by atoms with E-state index in [1.807, 2.05) is 47.4 Å². The van der Waals surface area contributed by atoms with Gasteiger partial charge >= 0.3 is 0 Å². The summed E-state index contributed by atoms with van der Waals surface area (Å²) in [6, 6.07) is 20.5. The van der Waals surface area contributed by atoms with Crippen LogP contribution < -0.4 is 0 Å². The molecule has 4 heteroatoms. The van der Waals surface area contributed by atoms with E-state index in [2.05, 4.69) is 58.1 Å². The lowest BCUT2D eigenvalue weighted by Crippen LogP contribution is -2.46. The number of benzene rings is 2. The SMILES string of the molecule is CC(C)(C)[Si](C)(C)OC[C@@H](c1ccccc1)N1C(=O)C=CC[C@H]1c1ccccc1. The molecule has 0 aromatic heterocycles. The van der Waals surface area contributed by atoms with E-state index in [-0.39, 0.29) is 23.0 Å². The van der Waals surface area contributed by atoms with Gasteiger partial charge in [0.1, 0.15) is 0 Å². The minimum absolute atomic E-state index is 0.0157. The molecule has 1 amide bonds. The Labute approximate surface area is 176 Å². The maximum Gasteiger partial charge on any atom is 0.247 e. The van der Waals surface area contributed by atoms with Crippen molar-refractivity contribution in [3.05, 3.63) is 83.9 Å². The third kappa shape index (κ3) is 4.88. The Balaban J connectivity index is 1.98. The van der Waals surface area contributed by atoms with E-state index in [4.69, 9.17) is 4.43 Å². The fourth-order valence-electron chi connectivity index (χ4n) is 3.51. The summed E-state index contributed by atoms with van der Waals surface area (Å²) in [6.45, 7) is 11.8. The molecule has 2 aromatic carbocycles. The van der Waals surface area contributed by atoms with E-state index in [9.17, 15) is 4.79 Å². The number of carbonyl (C=O) groups excluding carboxylic acids is 1. The molecular weight excluding hydrogens is 374 g/mol. The Kier molecular flexibility index (Phi) is 6.44. The first-order chi connectivity index (χ1) is 13.7. The fourth-order valence-corrected chi connectivity index (χ4v) is 4.52. The van der Waals surface area contributed by atoms with Crippen LogP contribution in [-0.2, 0) is 9.22 Å². The molecule has 154 valence electrons. The lowest BCUT2D eigenvalue weighted by molar-refractivity contribution is -0.133. The van der Waals surface area contributed by atoms with Gasteiger partial charge in [-0.3, -0.25) is 4.79 Å². The second-order valence-electron chi connectivity index (χ2n) is 9.31. The molecule has 1 aliphatic heterocycles. The summed E-state index contributed by atoms with van der Waals surface area (Å²) < 4.78 is 6.62. The maximum absolute atomic E-state index is 13.1. The van der Waals surface area contributed by atoms with Gasteiger partial charge < -0.3 is 9.33 Å². The highest BCUT2D eigenvalue weighted by Crippen LogP contribution is 2.40. The zero-order chi connectivity index (χ0) is 21.1. The van der Waals surface area contributed by atoms with Crippen molar-refractivity contribution in [3.63, 3.8) is 0 Å². The van der Waals surface area contributed by atoms with Gasteiger partial charge in [0.25, 0.3) is 0 Å². The minimum atomic E-state index is -1.94. The summed E-state index contributed by atoms with van der Waals surface area (Å²) in [6.07, 6.45) is 4.52. The summed E-state index contributed by atoms with van der Waals surface area (Å²) in [5.41, 5.74) is 2.29. The van der Waals surface area contributed by atoms with Gasteiger partial charge in [0.2, 0.25) is 5.91 Å². The van der Waals surface area contributed by atoms with Gasteiger partial charge in [-0.1, -0.05) is 87.5 Å². The summed E-state index contributed by atoms with van der Waals surface area (Å²) in [5.74, 6) is 0.0535. The predicted octanol–water partition coefficient (Wildman–Crippen LogP) is 6.28. The number of nitrogens with zero attached hydrogens (tertiary/aromatic N) is 1. The van der Waals surface area contributed by atoms with Crippen LogP contribution in [0.5, 0.6) is 0 Å². The smallest absolute Gasteiger partial charge is 0.247 e. The molecule has 0 saturated carbocycles. The lowest BCUT2D eigenvalue weighted by atomic mass is 9.94. The molecule has 29 heavy (non-hydrogen) atoms. The summed E-state index contributed by atoms with van der Waals surface area (Å²) >= 11 is 0. The van der Waals surface area contributed by atoms with E-state index in [0.717, 1.165) is 12.0 Å².